The Balaban J connectivity index is 1.57. The van der Waals surface area contributed by atoms with Gasteiger partial charge in [-0.3, -0.25) is 9.59 Å². The van der Waals surface area contributed by atoms with Gasteiger partial charge in [-0.1, -0.05) is 45.4 Å². The molecular weight excluding hydrogens is 590 g/mol. The maximum Gasteiger partial charge on any atom is 0.339 e. The standard InChI is InChI=1S/C29H29BrClNO5S/c1-28(2)12-20-26(22(33)14-28)25(27-21(32-20)13-29(3,4)15-23(27)34)16-5-10-24(19(30)11-16)37-38(35,36)18-8-6-17(31)7-9-18/h5-11,25,32H,12-15H2,1-4H3. The summed E-state index contributed by atoms with van der Waals surface area (Å²) < 4.78 is 31.5. The summed E-state index contributed by atoms with van der Waals surface area (Å²) in [4.78, 5) is 27.0. The van der Waals surface area contributed by atoms with Crippen LogP contribution in [0, 0.1) is 10.8 Å². The van der Waals surface area contributed by atoms with Gasteiger partial charge in [0, 0.05) is 46.3 Å². The Morgan fingerprint density at radius 2 is 1.39 bits per heavy atom. The van der Waals surface area contributed by atoms with Crippen LogP contribution in [0.5, 0.6) is 5.75 Å². The summed E-state index contributed by atoms with van der Waals surface area (Å²) in [6, 6.07) is 10.8. The van der Waals surface area contributed by atoms with Gasteiger partial charge in [0.05, 0.1) is 4.47 Å². The first-order valence-electron chi connectivity index (χ1n) is 12.4. The predicted octanol–water partition coefficient (Wildman–Crippen LogP) is 6.84. The third-order valence-electron chi connectivity index (χ3n) is 7.31. The van der Waals surface area contributed by atoms with Crippen molar-refractivity contribution < 1.29 is 22.2 Å². The van der Waals surface area contributed by atoms with Crippen LogP contribution in [0.3, 0.4) is 0 Å². The molecule has 0 bridgehead atoms. The second kappa shape index (κ2) is 9.35. The highest BCUT2D eigenvalue weighted by atomic mass is 79.9. The second-order valence-electron chi connectivity index (χ2n) is 11.9. The maximum absolute atomic E-state index is 13.5. The predicted molar refractivity (Wildman–Crippen MR) is 149 cm³/mol. The van der Waals surface area contributed by atoms with Crippen LogP contribution in [0.4, 0.5) is 0 Å². The fourth-order valence-corrected chi connectivity index (χ4v) is 7.41. The van der Waals surface area contributed by atoms with E-state index in [1.54, 1.807) is 18.2 Å². The van der Waals surface area contributed by atoms with Crippen molar-refractivity contribution in [3.05, 3.63) is 80.1 Å². The van der Waals surface area contributed by atoms with Crippen LogP contribution < -0.4 is 9.50 Å². The number of dihydropyridines is 1. The smallest absolute Gasteiger partial charge is 0.339 e. The molecule has 6 nitrogen and oxygen atoms in total. The number of carbonyl (C=O) groups excluding carboxylic acids is 2. The van der Waals surface area contributed by atoms with Gasteiger partial charge in [0.15, 0.2) is 17.3 Å². The molecule has 2 aliphatic carbocycles. The number of allylic oxidation sites excluding steroid dienone is 4. The molecule has 0 saturated heterocycles. The zero-order chi connectivity index (χ0) is 27.6. The zero-order valence-corrected chi connectivity index (χ0v) is 24.8. The molecule has 38 heavy (non-hydrogen) atoms. The molecule has 2 aromatic carbocycles. The lowest BCUT2D eigenvalue weighted by Gasteiger charge is -2.44. The lowest BCUT2D eigenvalue weighted by molar-refractivity contribution is -0.119. The normalized spacial score (nSPS) is 21.1. The number of Topliss-reactive ketones (excluding diaryl/α,β-unsaturated/α-hetero) is 2. The molecule has 5 rings (SSSR count). The van der Waals surface area contributed by atoms with Gasteiger partial charge in [-0.25, -0.2) is 0 Å². The minimum atomic E-state index is -4.10. The maximum atomic E-state index is 13.5. The van der Waals surface area contributed by atoms with E-state index in [2.05, 4.69) is 48.9 Å². The summed E-state index contributed by atoms with van der Waals surface area (Å²) in [6.45, 7) is 8.31. The fraction of sp³-hybridized carbons (Fsp3) is 0.379. The molecular formula is C29H29BrClNO5S. The van der Waals surface area contributed by atoms with Crippen LogP contribution in [0.2, 0.25) is 5.02 Å². The lowest BCUT2D eigenvalue weighted by Crippen LogP contribution is -2.42. The van der Waals surface area contributed by atoms with Crippen molar-refractivity contribution in [1.82, 2.24) is 5.32 Å². The second-order valence-corrected chi connectivity index (χ2v) is 14.7. The molecule has 3 aliphatic rings. The summed E-state index contributed by atoms with van der Waals surface area (Å²) in [6.07, 6.45) is 2.21. The molecule has 0 amide bonds. The minimum absolute atomic E-state index is 0.0216. The van der Waals surface area contributed by atoms with E-state index < -0.39 is 16.0 Å². The average Bonchev–Trinajstić information content (AvgIpc) is 2.77. The molecule has 0 unspecified atom stereocenters. The Hall–Kier alpha value is -2.42. The van der Waals surface area contributed by atoms with Gasteiger partial charge in [0.2, 0.25) is 0 Å². The molecule has 2 aromatic rings. The number of halogens is 2. The van der Waals surface area contributed by atoms with Crippen molar-refractivity contribution in [3.63, 3.8) is 0 Å². The van der Waals surface area contributed by atoms with Gasteiger partial charge in [-0.2, -0.15) is 8.42 Å². The monoisotopic (exact) mass is 617 g/mol. The third kappa shape index (κ3) is 5.10. The van der Waals surface area contributed by atoms with Gasteiger partial charge in [0.1, 0.15) is 4.90 Å². The number of nitrogens with one attached hydrogen (secondary N) is 1. The number of hydrogen-bond acceptors (Lipinski definition) is 6. The van der Waals surface area contributed by atoms with Crippen molar-refractivity contribution in [1.29, 1.82) is 0 Å². The summed E-state index contributed by atoms with van der Waals surface area (Å²) in [5.41, 5.74) is 3.37. The average molecular weight is 619 g/mol. The van der Waals surface area contributed by atoms with Crippen molar-refractivity contribution in [2.24, 2.45) is 10.8 Å². The quantitative estimate of drug-likeness (QED) is 0.377. The minimum Gasteiger partial charge on any atom is -0.378 e. The number of benzene rings is 2. The van der Waals surface area contributed by atoms with Crippen LogP contribution in [0.1, 0.15) is 64.9 Å². The highest BCUT2D eigenvalue weighted by Gasteiger charge is 2.46. The SMILES string of the molecule is CC1(C)CC(=O)C2=C(C1)NC1=C(C(=O)CC(C)(C)C1)C2c1ccc(OS(=O)(=O)c2ccc(Cl)cc2)c(Br)c1. The third-order valence-corrected chi connectivity index (χ3v) is 9.43. The fourth-order valence-electron chi connectivity index (χ4n) is 5.75. The Labute approximate surface area is 236 Å². The number of ketones is 2. The van der Waals surface area contributed by atoms with Crippen LogP contribution in [0.15, 0.2) is 74.4 Å². The van der Waals surface area contributed by atoms with E-state index in [-0.39, 0.29) is 33.0 Å². The van der Waals surface area contributed by atoms with E-state index in [0.717, 1.165) is 17.0 Å². The number of rotatable bonds is 4. The topological polar surface area (TPSA) is 89.5 Å². The Kier molecular flexibility index (Phi) is 6.68. The molecule has 1 N–H and O–H groups in total. The van der Waals surface area contributed by atoms with Gasteiger partial charge in [-0.15, -0.1) is 0 Å². The van der Waals surface area contributed by atoms with E-state index in [0.29, 0.717) is 46.3 Å². The van der Waals surface area contributed by atoms with Crippen molar-refractivity contribution in [3.8, 4) is 5.75 Å². The van der Waals surface area contributed by atoms with E-state index in [1.165, 1.54) is 24.3 Å². The van der Waals surface area contributed by atoms with Gasteiger partial charge >= 0.3 is 10.1 Å². The van der Waals surface area contributed by atoms with Gasteiger partial charge in [-0.05, 0) is 81.6 Å². The number of hydrogen-bond donors (Lipinski definition) is 1. The molecule has 0 saturated carbocycles. The Morgan fingerprint density at radius 1 is 0.868 bits per heavy atom. The summed E-state index contributed by atoms with van der Waals surface area (Å²) in [5.74, 6) is -0.362. The lowest BCUT2D eigenvalue weighted by atomic mass is 9.64. The summed E-state index contributed by atoms with van der Waals surface area (Å²) in [5, 5.41) is 3.92. The highest BCUT2D eigenvalue weighted by Crippen LogP contribution is 2.51. The van der Waals surface area contributed by atoms with Crippen LogP contribution >= 0.6 is 27.5 Å². The first-order valence-corrected chi connectivity index (χ1v) is 15.0. The first-order chi connectivity index (χ1) is 17.7. The van der Waals surface area contributed by atoms with E-state index in [1.807, 2.05) is 0 Å². The summed E-state index contributed by atoms with van der Waals surface area (Å²) >= 11 is 9.35. The van der Waals surface area contributed by atoms with E-state index in [9.17, 15) is 18.0 Å². The molecule has 1 heterocycles. The van der Waals surface area contributed by atoms with Crippen molar-refractivity contribution in [2.75, 3.05) is 0 Å². The Bertz CT molecular complexity index is 1490. The molecule has 0 radical (unpaired) electrons. The molecule has 0 fully saturated rings. The van der Waals surface area contributed by atoms with Gasteiger partial charge in [0.25, 0.3) is 0 Å². The zero-order valence-electron chi connectivity index (χ0n) is 21.7. The first kappa shape index (κ1) is 27.2. The molecule has 9 heteroatoms. The molecule has 0 spiro atoms. The summed E-state index contributed by atoms with van der Waals surface area (Å²) in [7, 11) is -4.10. The van der Waals surface area contributed by atoms with Crippen LogP contribution in [-0.2, 0) is 19.7 Å². The molecule has 1 aliphatic heterocycles. The van der Waals surface area contributed by atoms with Crippen LogP contribution in [0.25, 0.3) is 0 Å². The highest BCUT2D eigenvalue weighted by molar-refractivity contribution is 9.10. The van der Waals surface area contributed by atoms with E-state index >= 15 is 0 Å². The van der Waals surface area contributed by atoms with Gasteiger partial charge < -0.3 is 9.50 Å². The Morgan fingerprint density at radius 3 is 1.89 bits per heavy atom. The van der Waals surface area contributed by atoms with Crippen LogP contribution in [-0.4, -0.2) is 20.0 Å². The molecule has 0 atom stereocenters. The van der Waals surface area contributed by atoms with Crippen molar-refractivity contribution >= 4 is 49.2 Å². The molecule has 0 aromatic heterocycles. The molecule has 200 valence electrons. The van der Waals surface area contributed by atoms with Crippen molar-refractivity contribution in [2.45, 2.75) is 64.2 Å². The largest absolute Gasteiger partial charge is 0.378 e. The number of carbonyl (C=O) groups is 2. The van der Waals surface area contributed by atoms with E-state index in [4.69, 9.17) is 15.8 Å².